The second-order valence-corrected chi connectivity index (χ2v) is 3.66. The average Bonchev–Trinajstić information content (AvgIpc) is 1.92. The molecule has 0 saturated carbocycles. The molecule has 0 fully saturated rings. The van der Waals surface area contributed by atoms with Crippen molar-refractivity contribution in [2.24, 2.45) is 0 Å². The van der Waals surface area contributed by atoms with Crippen LogP contribution in [0, 0.1) is 0 Å². The van der Waals surface area contributed by atoms with Crippen LogP contribution < -0.4 is 11.5 Å². The zero-order chi connectivity index (χ0) is 9.35. The van der Waals surface area contributed by atoms with E-state index in [1.807, 2.05) is 0 Å². The van der Waals surface area contributed by atoms with Crippen LogP contribution in [-0.2, 0) is 10.1 Å². The van der Waals surface area contributed by atoms with E-state index in [1.165, 1.54) is 12.1 Å². The van der Waals surface area contributed by atoms with E-state index in [0.717, 1.165) is 6.07 Å². The zero-order valence-electron chi connectivity index (χ0n) is 6.06. The summed E-state index contributed by atoms with van der Waals surface area (Å²) in [5.41, 5.74) is 10.8. The van der Waals surface area contributed by atoms with Gasteiger partial charge in [-0.3, -0.25) is 4.55 Å². The van der Waals surface area contributed by atoms with E-state index in [2.05, 4.69) is 0 Å². The zero-order valence-corrected chi connectivity index (χ0v) is 6.88. The van der Waals surface area contributed by atoms with Crippen molar-refractivity contribution in [2.75, 3.05) is 11.5 Å². The third-order valence-corrected chi connectivity index (χ3v) is 2.22. The maximum absolute atomic E-state index is 10.6. The van der Waals surface area contributed by atoms with Gasteiger partial charge in [-0.15, -0.1) is 0 Å². The molecular formula is C6H8N2O3S. The third kappa shape index (κ3) is 1.66. The van der Waals surface area contributed by atoms with Crippen LogP contribution in [0.3, 0.4) is 0 Å². The molecule has 0 aromatic heterocycles. The Morgan fingerprint density at radius 1 is 1.25 bits per heavy atom. The molecule has 6 heteroatoms. The lowest BCUT2D eigenvalue weighted by atomic mass is 10.3. The molecule has 0 aliphatic rings. The van der Waals surface area contributed by atoms with Gasteiger partial charge in [-0.05, 0) is 18.2 Å². The molecule has 0 amide bonds. The molecule has 5 N–H and O–H groups in total. The number of rotatable bonds is 1. The Balaban J connectivity index is 3.43. The van der Waals surface area contributed by atoms with Crippen molar-refractivity contribution >= 4 is 21.5 Å². The maximum atomic E-state index is 10.6. The van der Waals surface area contributed by atoms with Crippen LogP contribution in [-0.4, -0.2) is 13.0 Å². The molecule has 0 bridgehead atoms. The predicted molar refractivity (Wildman–Crippen MR) is 45.1 cm³/mol. The molecule has 0 heterocycles. The molecule has 0 aliphatic heterocycles. The number of hydrogen-bond acceptors (Lipinski definition) is 4. The Morgan fingerprint density at radius 2 is 1.83 bits per heavy atom. The molecule has 1 aromatic rings. The molecule has 1 aromatic carbocycles. The fourth-order valence-corrected chi connectivity index (χ4v) is 1.43. The van der Waals surface area contributed by atoms with Crippen LogP contribution in [0.25, 0.3) is 0 Å². The van der Waals surface area contributed by atoms with Crippen LogP contribution in [0.2, 0.25) is 0 Å². The highest BCUT2D eigenvalue weighted by Crippen LogP contribution is 2.20. The monoisotopic (exact) mass is 188 g/mol. The summed E-state index contributed by atoms with van der Waals surface area (Å²) in [7, 11) is -4.26. The summed E-state index contributed by atoms with van der Waals surface area (Å²) in [4.78, 5) is -0.359. The lowest BCUT2D eigenvalue weighted by molar-refractivity contribution is 0.483. The first kappa shape index (κ1) is 8.82. The average molecular weight is 188 g/mol. The molecule has 5 nitrogen and oxygen atoms in total. The standard InChI is InChI=1S/C6H8N2O3S/c7-4-1-2-5(8)6(3-4)12(9,10)11/h1-3H,7-8H2,(H,9,10,11). The van der Waals surface area contributed by atoms with E-state index in [0.29, 0.717) is 0 Å². The van der Waals surface area contributed by atoms with Crippen LogP contribution in [0.5, 0.6) is 0 Å². The van der Waals surface area contributed by atoms with Gasteiger partial charge in [0.1, 0.15) is 4.90 Å². The predicted octanol–water partition coefficient (Wildman–Crippen LogP) is 0.0977. The Labute approximate surface area is 69.7 Å². The number of nitrogens with two attached hydrogens (primary N) is 2. The van der Waals surface area contributed by atoms with Gasteiger partial charge in [-0.1, -0.05) is 0 Å². The summed E-state index contributed by atoms with van der Waals surface area (Å²) >= 11 is 0. The number of nitrogen functional groups attached to an aromatic ring is 2. The van der Waals surface area contributed by atoms with Crippen molar-refractivity contribution in [3.05, 3.63) is 18.2 Å². The lowest BCUT2D eigenvalue weighted by Crippen LogP contribution is -2.03. The molecule has 0 radical (unpaired) electrons. The first-order valence-electron chi connectivity index (χ1n) is 3.04. The number of benzene rings is 1. The minimum absolute atomic E-state index is 0.0216. The van der Waals surface area contributed by atoms with Gasteiger partial charge in [0.05, 0.1) is 5.69 Å². The van der Waals surface area contributed by atoms with Crippen molar-refractivity contribution in [1.82, 2.24) is 0 Å². The minimum atomic E-state index is -4.26. The molecule has 0 saturated heterocycles. The highest BCUT2D eigenvalue weighted by Gasteiger charge is 2.13. The van der Waals surface area contributed by atoms with Crippen molar-refractivity contribution in [3.8, 4) is 0 Å². The largest absolute Gasteiger partial charge is 0.399 e. The topological polar surface area (TPSA) is 106 Å². The molecule has 0 spiro atoms. The highest BCUT2D eigenvalue weighted by molar-refractivity contribution is 7.86. The number of hydrogen-bond donors (Lipinski definition) is 3. The van der Waals surface area contributed by atoms with E-state index in [9.17, 15) is 8.42 Å². The fraction of sp³-hybridized carbons (Fsp3) is 0. The van der Waals surface area contributed by atoms with E-state index in [1.54, 1.807) is 0 Å². The second-order valence-electron chi connectivity index (χ2n) is 2.27. The highest BCUT2D eigenvalue weighted by atomic mass is 32.2. The van der Waals surface area contributed by atoms with Gasteiger partial charge < -0.3 is 11.5 Å². The van der Waals surface area contributed by atoms with E-state index in [-0.39, 0.29) is 16.3 Å². The summed E-state index contributed by atoms with van der Waals surface area (Å²) in [6.45, 7) is 0. The first-order valence-corrected chi connectivity index (χ1v) is 4.48. The van der Waals surface area contributed by atoms with Gasteiger partial charge in [-0.25, -0.2) is 0 Å². The van der Waals surface area contributed by atoms with Crippen LogP contribution in [0.15, 0.2) is 23.1 Å². The van der Waals surface area contributed by atoms with Crippen LogP contribution in [0.1, 0.15) is 0 Å². The summed E-state index contributed by atoms with van der Waals surface area (Å²) < 4.78 is 29.9. The molecule has 0 unspecified atom stereocenters. The molecule has 0 aliphatic carbocycles. The van der Waals surface area contributed by atoms with Gasteiger partial charge in [0, 0.05) is 5.69 Å². The second kappa shape index (κ2) is 2.65. The van der Waals surface area contributed by atoms with Crippen molar-refractivity contribution in [2.45, 2.75) is 4.90 Å². The van der Waals surface area contributed by atoms with Crippen molar-refractivity contribution in [3.63, 3.8) is 0 Å². The normalized spacial score (nSPS) is 11.4. The summed E-state index contributed by atoms with van der Waals surface area (Å²) in [6.07, 6.45) is 0. The van der Waals surface area contributed by atoms with E-state index < -0.39 is 10.1 Å². The Kier molecular flexibility index (Phi) is 1.95. The number of anilines is 2. The Bertz CT molecular complexity index is 399. The maximum Gasteiger partial charge on any atom is 0.296 e. The minimum Gasteiger partial charge on any atom is -0.399 e. The first-order chi connectivity index (χ1) is 5.41. The molecule has 12 heavy (non-hydrogen) atoms. The summed E-state index contributed by atoms with van der Waals surface area (Å²) in [6, 6.07) is 3.87. The van der Waals surface area contributed by atoms with Crippen LogP contribution in [0.4, 0.5) is 11.4 Å². The van der Waals surface area contributed by atoms with Crippen LogP contribution >= 0.6 is 0 Å². The molecule has 66 valence electrons. The van der Waals surface area contributed by atoms with Gasteiger partial charge in [-0.2, -0.15) is 8.42 Å². The SMILES string of the molecule is Nc1ccc(N)c(S(=O)(=O)O)c1. The third-order valence-electron chi connectivity index (χ3n) is 1.32. The van der Waals surface area contributed by atoms with Crippen molar-refractivity contribution in [1.29, 1.82) is 0 Å². The van der Waals surface area contributed by atoms with Gasteiger partial charge in [0.2, 0.25) is 0 Å². The lowest BCUT2D eigenvalue weighted by Gasteiger charge is -2.02. The molecular weight excluding hydrogens is 180 g/mol. The van der Waals surface area contributed by atoms with Gasteiger partial charge in [0.25, 0.3) is 10.1 Å². The van der Waals surface area contributed by atoms with Crippen molar-refractivity contribution < 1.29 is 13.0 Å². The molecule has 0 atom stereocenters. The fourth-order valence-electron chi connectivity index (χ4n) is 0.774. The van der Waals surface area contributed by atoms with E-state index >= 15 is 0 Å². The van der Waals surface area contributed by atoms with E-state index in [4.69, 9.17) is 16.0 Å². The quantitative estimate of drug-likeness (QED) is 0.428. The smallest absolute Gasteiger partial charge is 0.296 e. The summed E-state index contributed by atoms with van der Waals surface area (Å²) in [5.74, 6) is 0. The van der Waals surface area contributed by atoms with Gasteiger partial charge >= 0.3 is 0 Å². The Morgan fingerprint density at radius 3 is 2.25 bits per heavy atom. The Hall–Kier alpha value is -1.27. The molecule has 1 rings (SSSR count). The summed E-state index contributed by atoms with van der Waals surface area (Å²) in [5, 5.41) is 0. The van der Waals surface area contributed by atoms with Gasteiger partial charge in [0.15, 0.2) is 0 Å².